The van der Waals surface area contributed by atoms with Gasteiger partial charge in [-0.25, -0.2) is 4.98 Å². The van der Waals surface area contributed by atoms with Gasteiger partial charge in [0.2, 0.25) is 0 Å². The first kappa shape index (κ1) is 6.40. The maximum Gasteiger partial charge on any atom is 0.177 e. The van der Waals surface area contributed by atoms with Crippen molar-refractivity contribution in [2.75, 3.05) is 0 Å². The average molecular weight is 201 g/mol. The van der Waals surface area contributed by atoms with E-state index in [9.17, 15) is 0 Å². The molecule has 1 aromatic rings. The van der Waals surface area contributed by atoms with Crippen LogP contribution >= 0.6 is 15.9 Å². The SMILES string of the molecule is Brc1nccn1C1CCC1. The highest BCUT2D eigenvalue weighted by molar-refractivity contribution is 9.10. The maximum absolute atomic E-state index is 4.10. The highest BCUT2D eigenvalue weighted by Gasteiger charge is 2.20. The van der Waals surface area contributed by atoms with Gasteiger partial charge in [0.25, 0.3) is 0 Å². The fraction of sp³-hybridized carbons (Fsp3) is 0.571. The molecule has 0 aromatic carbocycles. The van der Waals surface area contributed by atoms with Gasteiger partial charge in [0.15, 0.2) is 4.73 Å². The van der Waals surface area contributed by atoms with Crippen molar-refractivity contribution in [2.24, 2.45) is 0 Å². The van der Waals surface area contributed by atoms with Crippen LogP contribution in [0.2, 0.25) is 0 Å². The number of hydrogen-bond donors (Lipinski definition) is 0. The molecule has 0 spiro atoms. The molecule has 0 atom stereocenters. The number of rotatable bonds is 1. The molecule has 0 aliphatic heterocycles. The summed E-state index contributed by atoms with van der Waals surface area (Å²) in [4.78, 5) is 4.10. The number of hydrogen-bond acceptors (Lipinski definition) is 1. The quantitative estimate of drug-likeness (QED) is 0.681. The van der Waals surface area contributed by atoms with Crippen molar-refractivity contribution < 1.29 is 0 Å². The molecule has 54 valence electrons. The molecule has 0 radical (unpaired) electrons. The summed E-state index contributed by atoms with van der Waals surface area (Å²) in [6.07, 6.45) is 7.87. The third-order valence-corrected chi connectivity index (χ3v) is 2.70. The van der Waals surface area contributed by atoms with E-state index in [0.29, 0.717) is 0 Å². The number of nitrogens with zero attached hydrogens (tertiary/aromatic N) is 2. The summed E-state index contributed by atoms with van der Waals surface area (Å²) in [5.41, 5.74) is 0. The minimum Gasteiger partial charge on any atom is -0.323 e. The molecule has 1 fully saturated rings. The molecule has 2 nitrogen and oxygen atoms in total. The lowest BCUT2D eigenvalue weighted by atomic mass is 9.93. The zero-order valence-electron chi connectivity index (χ0n) is 5.63. The van der Waals surface area contributed by atoms with E-state index in [1.54, 1.807) is 0 Å². The van der Waals surface area contributed by atoms with Crippen molar-refractivity contribution in [3.8, 4) is 0 Å². The van der Waals surface area contributed by atoms with E-state index in [0.717, 1.165) is 10.8 Å². The lowest BCUT2D eigenvalue weighted by Gasteiger charge is -2.27. The lowest BCUT2D eigenvalue weighted by molar-refractivity contribution is 0.309. The Hall–Kier alpha value is -0.310. The van der Waals surface area contributed by atoms with Gasteiger partial charge >= 0.3 is 0 Å². The van der Waals surface area contributed by atoms with E-state index in [1.807, 2.05) is 12.4 Å². The van der Waals surface area contributed by atoms with Crippen molar-refractivity contribution in [1.82, 2.24) is 9.55 Å². The number of halogens is 1. The molecule has 1 aromatic heterocycles. The zero-order chi connectivity index (χ0) is 6.97. The van der Waals surface area contributed by atoms with Crippen LogP contribution in [0.1, 0.15) is 25.3 Å². The highest BCUT2D eigenvalue weighted by atomic mass is 79.9. The van der Waals surface area contributed by atoms with Gasteiger partial charge < -0.3 is 4.57 Å². The van der Waals surface area contributed by atoms with Crippen LogP contribution in [0.15, 0.2) is 17.1 Å². The Labute approximate surface area is 68.4 Å². The van der Waals surface area contributed by atoms with Gasteiger partial charge in [-0.2, -0.15) is 0 Å². The summed E-state index contributed by atoms with van der Waals surface area (Å²) < 4.78 is 3.17. The first-order valence-electron chi connectivity index (χ1n) is 3.56. The molecule has 0 N–H and O–H groups in total. The van der Waals surface area contributed by atoms with E-state index >= 15 is 0 Å². The van der Waals surface area contributed by atoms with Crippen molar-refractivity contribution in [3.05, 3.63) is 17.1 Å². The van der Waals surface area contributed by atoms with Gasteiger partial charge in [-0.3, -0.25) is 0 Å². The van der Waals surface area contributed by atoms with Crippen molar-refractivity contribution >= 4 is 15.9 Å². The second-order valence-corrected chi connectivity index (χ2v) is 3.40. The van der Waals surface area contributed by atoms with Crippen LogP contribution in [0, 0.1) is 0 Å². The fourth-order valence-electron chi connectivity index (χ4n) is 1.23. The molecule has 1 saturated carbocycles. The Kier molecular flexibility index (Phi) is 1.52. The Morgan fingerprint density at radius 1 is 1.60 bits per heavy atom. The van der Waals surface area contributed by atoms with Crippen molar-refractivity contribution in [3.63, 3.8) is 0 Å². The second-order valence-electron chi connectivity index (χ2n) is 2.69. The van der Waals surface area contributed by atoms with Crippen LogP contribution in [0.25, 0.3) is 0 Å². The first-order chi connectivity index (χ1) is 4.88. The largest absolute Gasteiger partial charge is 0.323 e. The summed E-state index contributed by atoms with van der Waals surface area (Å²) in [6, 6.07) is 0.719. The predicted molar refractivity (Wildman–Crippen MR) is 42.8 cm³/mol. The minimum absolute atomic E-state index is 0.719. The zero-order valence-corrected chi connectivity index (χ0v) is 7.21. The third-order valence-electron chi connectivity index (χ3n) is 2.09. The van der Waals surface area contributed by atoms with E-state index in [1.165, 1.54) is 19.3 Å². The van der Waals surface area contributed by atoms with E-state index in [4.69, 9.17) is 0 Å². The van der Waals surface area contributed by atoms with Crippen LogP contribution in [-0.4, -0.2) is 9.55 Å². The van der Waals surface area contributed by atoms with Crippen LogP contribution in [-0.2, 0) is 0 Å². The third kappa shape index (κ3) is 0.888. The van der Waals surface area contributed by atoms with Crippen LogP contribution < -0.4 is 0 Å². The molecular weight excluding hydrogens is 192 g/mol. The Morgan fingerprint density at radius 3 is 2.80 bits per heavy atom. The number of imidazole rings is 1. The summed E-state index contributed by atoms with van der Waals surface area (Å²) in [6.45, 7) is 0. The van der Waals surface area contributed by atoms with E-state index in [2.05, 4.69) is 25.5 Å². The summed E-state index contributed by atoms with van der Waals surface area (Å²) >= 11 is 3.39. The molecule has 1 heterocycles. The molecule has 1 aliphatic rings. The monoisotopic (exact) mass is 200 g/mol. The van der Waals surface area contributed by atoms with Gasteiger partial charge in [-0.1, -0.05) is 0 Å². The standard InChI is InChI=1S/C7H9BrN2/c8-7-9-4-5-10(7)6-2-1-3-6/h4-6H,1-3H2. The topological polar surface area (TPSA) is 17.8 Å². The normalized spacial score (nSPS) is 18.9. The summed E-state index contributed by atoms with van der Waals surface area (Å²) in [5.74, 6) is 0. The molecule has 10 heavy (non-hydrogen) atoms. The van der Waals surface area contributed by atoms with E-state index in [-0.39, 0.29) is 0 Å². The van der Waals surface area contributed by atoms with Gasteiger partial charge in [-0.15, -0.1) is 0 Å². The Bertz CT molecular complexity index is 227. The average Bonchev–Trinajstić information content (AvgIpc) is 2.12. The molecular formula is C7H9BrN2. The second kappa shape index (κ2) is 2.38. The molecule has 0 bridgehead atoms. The molecule has 1 aliphatic carbocycles. The Balaban J connectivity index is 2.23. The molecule has 3 heteroatoms. The van der Waals surface area contributed by atoms with Crippen LogP contribution in [0.4, 0.5) is 0 Å². The predicted octanol–water partition coefficient (Wildman–Crippen LogP) is 2.37. The van der Waals surface area contributed by atoms with Gasteiger partial charge in [0.05, 0.1) is 0 Å². The van der Waals surface area contributed by atoms with Gasteiger partial charge in [0, 0.05) is 18.4 Å². The summed E-state index contributed by atoms with van der Waals surface area (Å²) in [7, 11) is 0. The van der Waals surface area contributed by atoms with Crippen LogP contribution in [0.3, 0.4) is 0 Å². The highest BCUT2D eigenvalue weighted by Crippen LogP contribution is 2.33. The van der Waals surface area contributed by atoms with Crippen molar-refractivity contribution in [1.29, 1.82) is 0 Å². The van der Waals surface area contributed by atoms with E-state index < -0.39 is 0 Å². The van der Waals surface area contributed by atoms with Crippen molar-refractivity contribution in [2.45, 2.75) is 25.3 Å². The smallest absolute Gasteiger partial charge is 0.177 e. The first-order valence-corrected chi connectivity index (χ1v) is 4.35. The fourth-order valence-corrected chi connectivity index (χ4v) is 1.76. The van der Waals surface area contributed by atoms with Gasteiger partial charge in [-0.05, 0) is 35.2 Å². The van der Waals surface area contributed by atoms with Gasteiger partial charge in [0.1, 0.15) is 0 Å². The molecule has 2 rings (SSSR count). The number of aromatic nitrogens is 2. The Morgan fingerprint density at radius 2 is 2.40 bits per heavy atom. The molecule has 0 saturated heterocycles. The maximum atomic E-state index is 4.10. The molecule has 0 unspecified atom stereocenters. The molecule has 0 amide bonds. The summed E-state index contributed by atoms with van der Waals surface area (Å²) in [5, 5.41) is 0. The van der Waals surface area contributed by atoms with Crippen LogP contribution in [0.5, 0.6) is 0 Å². The lowest BCUT2D eigenvalue weighted by Crippen LogP contribution is -2.16. The minimum atomic E-state index is 0.719.